The Morgan fingerprint density at radius 3 is 2.38 bits per heavy atom. The molecule has 2 rings (SSSR count). The van der Waals surface area contributed by atoms with Crippen LogP contribution < -0.4 is 5.73 Å². The van der Waals surface area contributed by atoms with Crippen molar-refractivity contribution in [3.8, 4) is 0 Å². The van der Waals surface area contributed by atoms with Crippen LogP contribution in [0.15, 0.2) is 18.2 Å². The van der Waals surface area contributed by atoms with Crippen LogP contribution in [0.3, 0.4) is 0 Å². The van der Waals surface area contributed by atoms with Crippen molar-refractivity contribution < 1.29 is 4.74 Å². The van der Waals surface area contributed by atoms with E-state index in [0.29, 0.717) is 16.5 Å². The van der Waals surface area contributed by atoms with Crippen molar-refractivity contribution in [1.82, 2.24) is 4.90 Å². The summed E-state index contributed by atoms with van der Waals surface area (Å²) in [7, 11) is 0. The minimum Gasteiger partial charge on any atom is -0.379 e. The summed E-state index contributed by atoms with van der Waals surface area (Å²) >= 11 is 12.6. The summed E-state index contributed by atoms with van der Waals surface area (Å²) in [5, 5.41) is 1.39. The van der Waals surface area contributed by atoms with E-state index in [0.717, 1.165) is 38.3 Å². The molecule has 118 valence electrons. The van der Waals surface area contributed by atoms with Crippen molar-refractivity contribution in [2.24, 2.45) is 5.73 Å². The number of halogens is 2. The molecule has 3 nitrogen and oxygen atoms in total. The standard InChI is InChI=1S/C16H24Cl2N2O/c1-3-16(2,20-7-9-21-10-8-20)15(19)11-12-13(17)5-4-6-14(12)18/h4-6,15H,3,7-11,19H2,1-2H3. The van der Waals surface area contributed by atoms with E-state index in [9.17, 15) is 0 Å². The molecule has 2 atom stereocenters. The van der Waals surface area contributed by atoms with Gasteiger partial charge in [0.25, 0.3) is 0 Å². The largest absolute Gasteiger partial charge is 0.379 e. The van der Waals surface area contributed by atoms with Crippen molar-refractivity contribution in [3.05, 3.63) is 33.8 Å². The zero-order valence-corrected chi connectivity index (χ0v) is 14.3. The zero-order valence-electron chi connectivity index (χ0n) is 12.7. The highest BCUT2D eigenvalue weighted by Gasteiger charge is 2.37. The Bertz CT molecular complexity index is 457. The minimum atomic E-state index is -0.0771. The maximum absolute atomic E-state index is 6.56. The van der Waals surface area contributed by atoms with Crippen LogP contribution >= 0.6 is 23.2 Å². The third kappa shape index (κ3) is 3.72. The third-order valence-electron chi connectivity index (χ3n) is 4.73. The van der Waals surface area contributed by atoms with E-state index >= 15 is 0 Å². The van der Waals surface area contributed by atoms with Crippen molar-refractivity contribution in [3.63, 3.8) is 0 Å². The Morgan fingerprint density at radius 2 is 1.86 bits per heavy atom. The van der Waals surface area contributed by atoms with Gasteiger partial charge in [0, 0.05) is 34.7 Å². The lowest BCUT2D eigenvalue weighted by atomic mass is 9.83. The summed E-state index contributed by atoms with van der Waals surface area (Å²) in [6.07, 6.45) is 1.66. The second-order valence-corrected chi connectivity index (χ2v) is 6.64. The van der Waals surface area contributed by atoms with Gasteiger partial charge in [-0.2, -0.15) is 0 Å². The number of ether oxygens (including phenoxy) is 1. The van der Waals surface area contributed by atoms with Crippen LogP contribution in [0.5, 0.6) is 0 Å². The van der Waals surface area contributed by atoms with Crippen molar-refractivity contribution in [2.45, 2.75) is 38.3 Å². The number of nitrogens with zero attached hydrogens (tertiary/aromatic N) is 1. The molecule has 0 radical (unpaired) electrons. The lowest BCUT2D eigenvalue weighted by molar-refractivity contribution is -0.0272. The molecule has 1 aliphatic heterocycles. The Kier molecular flexibility index (Phi) is 5.92. The third-order valence-corrected chi connectivity index (χ3v) is 5.44. The first-order valence-corrected chi connectivity index (χ1v) is 8.26. The van der Waals surface area contributed by atoms with E-state index in [4.69, 9.17) is 33.7 Å². The summed E-state index contributed by atoms with van der Waals surface area (Å²) in [4.78, 5) is 2.44. The monoisotopic (exact) mass is 330 g/mol. The molecule has 0 aromatic heterocycles. The normalized spacial score (nSPS) is 21.0. The van der Waals surface area contributed by atoms with Gasteiger partial charge < -0.3 is 10.5 Å². The van der Waals surface area contributed by atoms with Crippen molar-refractivity contribution in [1.29, 1.82) is 0 Å². The van der Waals surface area contributed by atoms with Crippen LogP contribution in [0.2, 0.25) is 10.0 Å². The predicted octanol–water partition coefficient (Wildman–Crippen LogP) is 3.36. The summed E-state index contributed by atoms with van der Waals surface area (Å²) < 4.78 is 5.45. The fourth-order valence-electron chi connectivity index (χ4n) is 2.96. The average Bonchev–Trinajstić information content (AvgIpc) is 2.51. The van der Waals surface area contributed by atoms with Gasteiger partial charge in [0.1, 0.15) is 0 Å². The number of benzene rings is 1. The quantitative estimate of drug-likeness (QED) is 0.899. The first kappa shape index (κ1) is 17.0. The summed E-state index contributed by atoms with van der Waals surface area (Å²) in [6, 6.07) is 5.57. The number of rotatable bonds is 5. The fraction of sp³-hybridized carbons (Fsp3) is 0.625. The van der Waals surface area contributed by atoms with E-state index in [1.807, 2.05) is 18.2 Å². The Hall–Kier alpha value is -0.320. The number of morpholine rings is 1. The first-order valence-electron chi connectivity index (χ1n) is 7.50. The molecule has 5 heteroatoms. The topological polar surface area (TPSA) is 38.5 Å². The molecule has 1 aliphatic rings. The van der Waals surface area contributed by atoms with Crippen LogP contribution in [0.25, 0.3) is 0 Å². The second kappa shape index (κ2) is 7.30. The molecule has 2 N–H and O–H groups in total. The van der Waals surface area contributed by atoms with Gasteiger partial charge in [-0.25, -0.2) is 0 Å². The molecular weight excluding hydrogens is 307 g/mol. The molecule has 1 aromatic carbocycles. The van der Waals surface area contributed by atoms with Gasteiger partial charge in [-0.1, -0.05) is 36.2 Å². The van der Waals surface area contributed by atoms with Crippen LogP contribution in [0, 0.1) is 0 Å². The first-order chi connectivity index (χ1) is 9.99. The lowest BCUT2D eigenvalue weighted by Gasteiger charge is -2.46. The molecule has 0 spiro atoms. The fourth-order valence-corrected chi connectivity index (χ4v) is 3.51. The highest BCUT2D eigenvalue weighted by Crippen LogP contribution is 2.30. The van der Waals surface area contributed by atoms with Gasteiger partial charge in [0.15, 0.2) is 0 Å². The van der Waals surface area contributed by atoms with E-state index in [2.05, 4.69) is 18.7 Å². The number of hydrogen-bond donors (Lipinski definition) is 1. The van der Waals surface area contributed by atoms with Crippen LogP contribution in [0.4, 0.5) is 0 Å². The molecule has 0 bridgehead atoms. The molecule has 0 saturated carbocycles. The molecule has 2 unspecified atom stereocenters. The van der Waals surface area contributed by atoms with Gasteiger partial charge in [0.05, 0.1) is 13.2 Å². The van der Waals surface area contributed by atoms with Gasteiger partial charge in [-0.05, 0) is 37.5 Å². The lowest BCUT2D eigenvalue weighted by Crippen LogP contribution is -2.61. The predicted molar refractivity (Wildman–Crippen MR) is 89.2 cm³/mol. The molecule has 0 amide bonds. The van der Waals surface area contributed by atoms with Crippen molar-refractivity contribution in [2.75, 3.05) is 26.3 Å². The smallest absolute Gasteiger partial charge is 0.0594 e. The molecule has 21 heavy (non-hydrogen) atoms. The van der Waals surface area contributed by atoms with Crippen molar-refractivity contribution >= 4 is 23.2 Å². The molecule has 1 heterocycles. The average molecular weight is 331 g/mol. The molecule has 0 aliphatic carbocycles. The van der Waals surface area contributed by atoms with Gasteiger partial charge in [0.2, 0.25) is 0 Å². The van der Waals surface area contributed by atoms with E-state index in [-0.39, 0.29) is 11.6 Å². The van der Waals surface area contributed by atoms with E-state index < -0.39 is 0 Å². The Balaban J connectivity index is 2.17. The van der Waals surface area contributed by atoms with E-state index in [1.54, 1.807) is 0 Å². The highest BCUT2D eigenvalue weighted by atomic mass is 35.5. The summed E-state index contributed by atoms with van der Waals surface area (Å²) in [5.41, 5.74) is 7.43. The number of nitrogens with two attached hydrogens (primary N) is 1. The zero-order chi connectivity index (χ0) is 15.5. The molecular formula is C16H24Cl2N2O. The Morgan fingerprint density at radius 1 is 1.29 bits per heavy atom. The van der Waals surface area contributed by atoms with E-state index in [1.165, 1.54) is 0 Å². The van der Waals surface area contributed by atoms with Gasteiger partial charge in [-0.3, -0.25) is 4.90 Å². The molecule has 1 aromatic rings. The highest BCUT2D eigenvalue weighted by molar-refractivity contribution is 6.36. The maximum atomic E-state index is 6.56. The molecule has 1 saturated heterocycles. The Labute approximate surface area is 137 Å². The van der Waals surface area contributed by atoms with Gasteiger partial charge >= 0.3 is 0 Å². The second-order valence-electron chi connectivity index (χ2n) is 5.82. The maximum Gasteiger partial charge on any atom is 0.0594 e. The summed E-state index contributed by atoms with van der Waals surface area (Å²) in [5.74, 6) is 0. The van der Waals surface area contributed by atoms with Crippen LogP contribution in [0.1, 0.15) is 25.8 Å². The number of hydrogen-bond acceptors (Lipinski definition) is 3. The summed E-state index contributed by atoms with van der Waals surface area (Å²) in [6.45, 7) is 7.81. The minimum absolute atomic E-state index is 0.0296. The van der Waals surface area contributed by atoms with Crippen LogP contribution in [-0.4, -0.2) is 42.8 Å². The SMILES string of the molecule is CCC(C)(C(N)Cc1c(Cl)cccc1Cl)N1CCOCC1. The molecule has 1 fully saturated rings. The van der Waals surface area contributed by atoms with Crippen LogP contribution in [-0.2, 0) is 11.2 Å². The van der Waals surface area contributed by atoms with Gasteiger partial charge in [-0.15, -0.1) is 0 Å².